The molecule has 0 aliphatic carbocycles. The SMILES string of the molecule is Cc1onc(-c2c(F)cccc2Cl)c1C(=O)N1CCN(Cc2nc(-c3cccs3)no2)CC1. The van der Waals surface area contributed by atoms with Crippen molar-refractivity contribution in [2.75, 3.05) is 26.2 Å². The molecule has 0 saturated carbocycles. The van der Waals surface area contributed by atoms with Gasteiger partial charge >= 0.3 is 0 Å². The van der Waals surface area contributed by atoms with Crippen molar-refractivity contribution in [1.29, 1.82) is 0 Å². The number of hydrogen-bond acceptors (Lipinski definition) is 8. The summed E-state index contributed by atoms with van der Waals surface area (Å²) in [6.07, 6.45) is 0. The molecule has 1 amide bonds. The minimum absolute atomic E-state index is 0.0657. The Hall–Kier alpha value is -3.08. The Morgan fingerprint density at radius 1 is 1.15 bits per heavy atom. The predicted octanol–water partition coefficient (Wildman–Crippen LogP) is 4.51. The summed E-state index contributed by atoms with van der Waals surface area (Å²) < 4.78 is 25.1. The van der Waals surface area contributed by atoms with E-state index >= 15 is 0 Å². The van der Waals surface area contributed by atoms with Gasteiger partial charge in [-0.25, -0.2) is 4.39 Å². The number of rotatable bonds is 5. The van der Waals surface area contributed by atoms with Crippen LogP contribution in [0.2, 0.25) is 5.02 Å². The number of benzene rings is 1. The monoisotopic (exact) mass is 487 g/mol. The maximum Gasteiger partial charge on any atom is 0.259 e. The lowest BCUT2D eigenvalue weighted by atomic mass is 10.0. The highest BCUT2D eigenvalue weighted by Crippen LogP contribution is 2.34. The maximum atomic E-state index is 14.5. The van der Waals surface area contributed by atoms with Crippen molar-refractivity contribution in [2.24, 2.45) is 0 Å². The van der Waals surface area contributed by atoms with Gasteiger partial charge in [0.05, 0.1) is 22.0 Å². The van der Waals surface area contributed by atoms with Crippen LogP contribution in [-0.2, 0) is 6.54 Å². The van der Waals surface area contributed by atoms with Gasteiger partial charge < -0.3 is 13.9 Å². The van der Waals surface area contributed by atoms with Gasteiger partial charge in [-0.05, 0) is 30.5 Å². The Morgan fingerprint density at radius 2 is 1.97 bits per heavy atom. The Labute approximate surface area is 197 Å². The number of piperazine rings is 1. The van der Waals surface area contributed by atoms with Crippen LogP contribution in [0.25, 0.3) is 22.0 Å². The molecule has 0 unspecified atom stereocenters. The summed E-state index contributed by atoms with van der Waals surface area (Å²) in [5.74, 6) is 0.612. The number of aryl methyl sites for hydroxylation is 1. The largest absolute Gasteiger partial charge is 0.360 e. The van der Waals surface area contributed by atoms with E-state index in [9.17, 15) is 9.18 Å². The molecule has 1 fully saturated rings. The summed E-state index contributed by atoms with van der Waals surface area (Å²) in [6, 6.07) is 8.22. The Balaban J connectivity index is 1.27. The highest BCUT2D eigenvalue weighted by atomic mass is 35.5. The molecule has 1 saturated heterocycles. The predicted molar refractivity (Wildman–Crippen MR) is 120 cm³/mol. The fourth-order valence-corrected chi connectivity index (χ4v) is 4.70. The first-order valence-electron chi connectivity index (χ1n) is 10.3. The van der Waals surface area contributed by atoms with Crippen LogP contribution in [0, 0.1) is 12.7 Å². The second-order valence-electron chi connectivity index (χ2n) is 7.62. The second-order valence-corrected chi connectivity index (χ2v) is 8.97. The lowest BCUT2D eigenvalue weighted by molar-refractivity contribution is 0.0614. The number of carbonyl (C=O) groups excluding carboxylic acids is 1. The van der Waals surface area contributed by atoms with Crippen molar-refractivity contribution in [2.45, 2.75) is 13.5 Å². The van der Waals surface area contributed by atoms with E-state index in [0.29, 0.717) is 50.2 Å². The fourth-order valence-electron chi connectivity index (χ4n) is 3.80. The molecule has 33 heavy (non-hydrogen) atoms. The van der Waals surface area contributed by atoms with E-state index in [1.807, 2.05) is 17.5 Å². The van der Waals surface area contributed by atoms with Crippen LogP contribution in [0.3, 0.4) is 0 Å². The number of aromatic nitrogens is 3. The van der Waals surface area contributed by atoms with E-state index in [-0.39, 0.29) is 27.8 Å². The fraction of sp³-hybridized carbons (Fsp3) is 0.273. The van der Waals surface area contributed by atoms with E-state index in [1.54, 1.807) is 29.2 Å². The molecule has 0 radical (unpaired) electrons. The van der Waals surface area contributed by atoms with Gasteiger partial charge in [-0.3, -0.25) is 9.69 Å². The molecule has 0 spiro atoms. The van der Waals surface area contributed by atoms with Gasteiger partial charge in [0.25, 0.3) is 5.91 Å². The van der Waals surface area contributed by atoms with Crippen molar-refractivity contribution in [3.05, 3.63) is 63.8 Å². The standard InChI is InChI=1S/C22H19ClFN5O3S/c1-13-18(20(26-31-13)19-14(23)4-2-5-15(19)24)22(30)29-9-7-28(8-10-29)12-17-25-21(27-32-17)16-6-3-11-33-16/h2-6,11H,7-10,12H2,1H3. The smallest absolute Gasteiger partial charge is 0.259 e. The third-order valence-corrected chi connectivity index (χ3v) is 6.68. The Morgan fingerprint density at radius 3 is 2.70 bits per heavy atom. The highest BCUT2D eigenvalue weighted by Gasteiger charge is 2.30. The molecule has 1 aliphatic heterocycles. The molecule has 5 rings (SSSR count). The first kappa shape index (κ1) is 21.7. The van der Waals surface area contributed by atoms with E-state index in [2.05, 4.69) is 20.2 Å². The van der Waals surface area contributed by atoms with Crippen molar-refractivity contribution in [1.82, 2.24) is 25.1 Å². The van der Waals surface area contributed by atoms with Gasteiger partial charge in [-0.15, -0.1) is 11.3 Å². The van der Waals surface area contributed by atoms with E-state index in [4.69, 9.17) is 20.6 Å². The lowest BCUT2D eigenvalue weighted by Gasteiger charge is -2.33. The zero-order valence-electron chi connectivity index (χ0n) is 17.6. The third kappa shape index (κ3) is 4.29. The third-order valence-electron chi connectivity index (χ3n) is 5.50. The van der Waals surface area contributed by atoms with Crippen LogP contribution in [-0.4, -0.2) is 57.2 Å². The number of hydrogen-bond donors (Lipinski definition) is 0. The molecule has 1 aromatic carbocycles. The number of carbonyl (C=O) groups is 1. The molecule has 0 bridgehead atoms. The summed E-state index contributed by atoms with van der Waals surface area (Å²) in [7, 11) is 0. The molecular weight excluding hydrogens is 469 g/mol. The zero-order chi connectivity index (χ0) is 22.9. The van der Waals surface area contributed by atoms with Gasteiger partial charge in [-0.2, -0.15) is 4.98 Å². The summed E-state index contributed by atoms with van der Waals surface area (Å²) in [5.41, 5.74) is 0.416. The quantitative estimate of drug-likeness (QED) is 0.409. The first-order valence-corrected chi connectivity index (χ1v) is 11.6. The minimum atomic E-state index is -0.559. The van der Waals surface area contributed by atoms with Crippen LogP contribution in [0.4, 0.5) is 4.39 Å². The van der Waals surface area contributed by atoms with Crippen molar-refractivity contribution in [3.8, 4) is 22.0 Å². The Bertz CT molecular complexity index is 1260. The van der Waals surface area contributed by atoms with Gasteiger partial charge in [0.2, 0.25) is 11.7 Å². The Kier molecular flexibility index (Phi) is 5.96. The summed E-state index contributed by atoms with van der Waals surface area (Å²) in [4.78, 5) is 22.6. The minimum Gasteiger partial charge on any atom is -0.360 e. The number of amides is 1. The van der Waals surface area contributed by atoms with Crippen molar-refractivity contribution >= 4 is 28.8 Å². The molecule has 11 heteroatoms. The maximum absolute atomic E-state index is 14.5. The molecule has 8 nitrogen and oxygen atoms in total. The van der Waals surface area contributed by atoms with Gasteiger partial charge in [0.1, 0.15) is 22.8 Å². The van der Waals surface area contributed by atoms with Gasteiger partial charge in [0.15, 0.2) is 0 Å². The lowest BCUT2D eigenvalue weighted by Crippen LogP contribution is -2.48. The summed E-state index contributed by atoms with van der Waals surface area (Å²) in [6.45, 7) is 4.36. The topological polar surface area (TPSA) is 88.5 Å². The van der Waals surface area contributed by atoms with Crippen LogP contribution >= 0.6 is 22.9 Å². The van der Waals surface area contributed by atoms with Gasteiger partial charge in [0, 0.05) is 26.2 Å². The van der Waals surface area contributed by atoms with Crippen LogP contribution in [0.1, 0.15) is 22.0 Å². The van der Waals surface area contributed by atoms with E-state index in [1.165, 1.54) is 12.1 Å². The summed E-state index contributed by atoms with van der Waals surface area (Å²) in [5, 5.41) is 10.1. The first-order chi connectivity index (χ1) is 16.0. The van der Waals surface area contributed by atoms with Crippen molar-refractivity contribution in [3.63, 3.8) is 0 Å². The molecule has 3 aromatic heterocycles. The molecule has 170 valence electrons. The number of halogens is 2. The number of nitrogens with zero attached hydrogens (tertiary/aromatic N) is 5. The molecule has 4 aromatic rings. The molecule has 1 aliphatic rings. The van der Waals surface area contributed by atoms with Crippen LogP contribution in [0.5, 0.6) is 0 Å². The number of thiophene rings is 1. The van der Waals surface area contributed by atoms with Gasteiger partial charge in [-0.1, -0.05) is 34.0 Å². The molecule has 4 heterocycles. The molecular formula is C22H19ClFN5O3S. The molecule has 0 atom stereocenters. The average molecular weight is 488 g/mol. The van der Waals surface area contributed by atoms with E-state index < -0.39 is 5.82 Å². The van der Waals surface area contributed by atoms with Crippen molar-refractivity contribution < 1.29 is 18.2 Å². The summed E-state index contributed by atoms with van der Waals surface area (Å²) >= 11 is 7.75. The van der Waals surface area contributed by atoms with Crippen LogP contribution in [0.15, 0.2) is 44.8 Å². The highest BCUT2D eigenvalue weighted by molar-refractivity contribution is 7.13. The zero-order valence-corrected chi connectivity index (χ0v) is 19.2. The van der Waals surface area contributed by atoms with Crippen LogP contribution < -0.4 is 0 Å². The normalized spacial score (nSPS) is 14.7. The van der Waals surface area contributed by atoms with E-state index in [0.717, 1.165) is 4.88 Å². The second kappa shape index (κ2) is 9.05. The average Bonchev–Trinajstić information content (AvgIpc) is 3.55. The molecule has 0 N–H and O–H groups in total.